The van der Waals surface area contributed by atoms with E-state index in [2.05, 4.69) is 13.8 Å². The Hall–Kier alpha value is -0.260. The highest BCUT2D eigenvalue weighted by molar-refractivity contribution is 7.89. The second-order valence-electron chi connectivity index (χ2n) is 9.76. The van der Waals surface area contributed by atoms with Crippen molar-refractivity contribution < 1.29 is 19.2 Å². The van der Waals surface area contributed by atoms with E-state index < -0.39 is 11.2 Å². The summed E-state index contributed by atoms with van der Waals surface area (Å²) in [5, 5.41) is 8.51. The van der Waals surface area contributed by atoms with Crippen molar-refractivity contribution in [2.75, 3.05) is 19.1 Å². The summed E-state index contributed by atoms with van der Waals surface area (Å²) in [6, 6.07) is 0. The quantitative estimate of drug-likeness (QED) is 0.0959. The van der Waals surface area contributed by atoms with E-state index in [9.17, 15) is 9.35 Å². The Kier molecular flexibility index (Phi) is 39.3. The Morgan fingerprint density at radius 2 is 0.971 bits per heavy atom. The van der Waals surface area contributed by atoms with Gasteiger partial charge in [-0.3, -0.25) is 4.79 Å². The highest BCUT2D eigenvalue weighted by Crippen LogP contribution is 2.12. The average molecular weight is 507 g/mol. The molecule has 0 unspecified atom stereocenters. The molecule has 208 valence electrons. The maximum Gasteiger partial charge on any atom is 0.306 e. The molecule has 0 aromatic rings. The van der Waals surface area contributed by atoms with Crippen molar-refractivity contribution >= 4 is 17.1 Å². The molecule has 5 heteroatoms. The Morgan fingerprint density at radius 3 is 1.26 bits per heavy atom. The van der Waals surface area contributed by atoms with Crippen molar-refractivity contribution in [3.05, 3.63) is 0 Å². The van der Waals surface area contributed by atoms with Gasteiger partial charge in [-0.15, -0.1) is 0 Å². The molecule has 0 saturated carbocycles. The summed E-state index contributed by atoms with van der Waals surface area (Å²) in [4.78, 5) is 11.3. The fraction of sp³-hybridized carbons (Fsp3) is 0.966. The lowest BCUT2D eigenvalue weighted by Gasteiger charge is -2.07. The van der Waals surface area contributed by atoms with E-state index in [1.54, 1.807) is 12.5 Å². The molecule has 0 bridgehead atoms. The number of aliphatic hydroxyl groups is 1. The molecule has 34 heavy (non-hydrogen) atoms. The molecule has 0 aliphatic rings. The van der Waals surface area contributed by atoms with Gasteiger partial charge in [-0.25, -0.2) is 0 Å². The van der Waals surface area contributed by atoms with Crippen LogP contribution in [0, 0.1) is 0 Å². The fourth-order valence-corrected chi connectivity index (χ4v) is 3.50. The standard InChI is InChI=1S/C17H34O2.C10H22O.C2H6OS/c1-4-5-6-7-8-9-10-11-12-13-14-15-17(18)19-16(2)3;1-2-3-4-5-6-7-8-9-10-11;1-4(2)3/h16H,4-15H2,1-3H3;11H,2-10H2,1H3;1-2H3. The Bertz CT molecular complexity index is 351. The Balaban J connectivity index is -0.000000538. The maximum absolute atomic E-state index is 11.3. The molecule has 0 radical (unpaired) electrons. The summed E-state index contributed by atoms with van der Waals surface area (Å²) >= 11 is -0.611. The van der Waals surface area contributed by atoms with Crippen LogP contribution in [0.1, 0.15) is 156 Å². The van der Waals surface area contributed by atoms with Crippen LogP contribution in [0.2, 0.25) is 0 Å². The lowest BCUT2D eigenvalue weighted by Crippen LogP contribution is -2.10. The first-order chi connectivity index (χ1) is 16.3. The summed E-state index contributed by atoms with van der Waals surface area (Å²) in [6.45, 7) is 8.68. The van der Waals surface area contributed by atoms with Gasteiger partial charge in [-0.1, -0.05) is 134 Å². The highest BCUT2D eigenvalue weighted by Gasteiger charge is 2.04. The van der Waals surface area contributed by atoms with Gasteiger partial charge in [0.15, 0.2) is 0 Å². The number of ether oxygens (including phenoxy) is 1. The van der Waals surface area contributed by atoms with Crippen LogP contribution in [0.5, 0.6) is 0 Å². The normalized spacial score (nSPS) is 10.5. The number of rotatable bonds is 21. The molecular weight excluding hydrogens is 444 g/mol. The number of aliphatic hydroxyl groups excluding tert-OH is 1. The first kappa shape index (κ1) is 38.3. The van der Waals surface area contributed by atoms with Crippen molar-refractivity contribution in [3.8, 4) is 0 Å². The molecule has 0 aliphatic heterocycles. The first-order valence-electron chi connectivity index (χ1n) is 14.4. The first-order valence-corrected chi connectivity index (χ1v) is 16.3. The molecule has 0 atom stereocenters. The summed E-state index contributed by atoms with van der Waals surface area (Å²) in [6.07, 6.45) is 28.7. The zero-order valence-corrected chi connectivity index (χ0v) is 24.8. The second-order valence-corrected chi connectivity index (χ2v) is 11.2. The van der Waals surface area contributed by atoms with Gasteiger partial charge in [0.2, 0.25) is 0 Å². The fourth-order valence-electron chi connectivity index (χ4n) is 3.50. The van der Waals surface area contributed by atoms with Crippen molar-refractivity contribution in [2.24, 2.45) is 0 Å². The van der Waals surface area contributed by atoms with E-state index in [-0.39, 0.29) is 12.1 Å². The predicted octanol–water partition coefficient (Wildman–Crippen LogP) is 8.75. The lowest BCUT2D eigenvalue weighted by atomic mass is 10.1. The predicted molar refractivity (Wildman–Crippen MR) is 152 cm³/mol. The number of hydrogen-bond donors (Lipinski definition) is 1. The zero-order valence-electron chi connectivity index (χ0n) is 24.0. The van der Waals surface area contributed by atoms with Gasteiger partial charge in [0.25, 0.3) is 0 Å². The Labute approximate surface area is 217 Å². The topological polar surface area (TPSA) is 69.6 Å². The molecule has 0 saturated heterocycles. The minimum atomic E-state index is -0.611. The molecule has 0 amide bonds. The molecule has 0 fully saturated rings. The monoisotopic (exact) mass is 506 g/mol. The van der Waals surface area contributed by atoms with Crippen LogP contribution < -0.4 is 0 Å². The van der Waals surface area contributed by atoms with Gasteiger partial charge in [0.05, 0.1) is 18.6 Å². The smallest absolute Gasteiger partial charge is 0.306 e. The summed E-state index contributed by atoms with van der Waals surface area (Å²) in [5.74, 6) is -0.0362. The SMILES string of the molecule is CCCCCCCCCCCCCC(=O)OC(C)C.CCCCCCCCCCO.C[S+](C)[O-]. The number of unbranched alkanes of at least 4 members (excludes halogenated alkanes) is 17. The van der Waals surface area contributed by atoms with Crippen molar-refractivity contribution in [1.82, 2.24) is 0 Å². The van der Waals surface area contributed by atoms with E-state index in [4.69, 9.17) is 9.84 Å². The highest BCUT2D eigenvalue weighted by atomic mass is 32.2. The molecule has 0 aromatic heterocycles. The number of carbonyl (C=O) groups excluding carboxylic acids is 1. The summed E-state index contributed by atoms with van der Waals surface area (Å²) in [7, 11) is 0. The molecule has 0 heterocycles. The van der Waals surface area contributed by atoms with Crippen LogP contribution in [0.15, 0.2) is 0 Å². The van der Waals surface area contributed by atoms with Crippen molar-refractivity contribution in [2.45, 2.75) is 162 Å². The van der Waals surface area contributed by atoms with E-state index >= 15 is 0 Å². The Morgan fingerprint density at radius 1 is 0.676 bits per heavy atom. The van der Waals surface area contributed by atoms with Crippen molar-refractivity contribution in [3.63, 3.8) is 0 Å². The minimum Gasteiger partial charge on any atom is -0.617 e. The molecule has 0 aromatic carbocycles. The van der Waals surface area contributed by atoms with Gasteiger partial charge in [0.1, 0.15) is 0 Å². The van der Waals surface area contributed by atoms with Crippen LogP contribution >= 0.6 is 0 Å². The molecule has 0 spiro atoms. The van der Waals surface area contributed by atoms with Crippen LogP contribution in [-0.2, 0) is 20.7 Å². The van der Waals surface area contributed by atoms with E-state index in [0.717, 1.165) is 12.8 Å². The third-order valence-corrected chi connectivity index (χ3v) is 5.36. The van der Waals surface area contributed by atoms with Crippen LogP contribution in [0.25, 0.3) is 0 Å². The summed E-state index contributed by atoms with van der Waals surface area (Å²) in [5.41, 5.74) is 0. The van der Waals surface area contributed by atoms with E-state index in [0.29, 0.717) is 13.0 Å². The largest absolute Gasteiger partial charge is 0.617 e. The third kappa shape index (κ3) is 49.0. The average Bonchev–Trinajstić information content (AvgIpc) is 2.76. The third-order valence-electron chi connectivity index (χ3n) is 5.36. The van der Waals surface area contributed by atoms with E-state index in [1.165, 1.54) is 109 Å². The maximum atomic E-state index is 11.3. The number of carbonyl (C=O) groups is 1. The molecule has 0 rings (SSSR count). The summed E-state index contributed by atoms with van der Waals surface area (Å²) < 4.78 is 14.7. The molecule has 1 N–H and O–H groups in total. The van der Waals surface area contributed by atoms with Crippen LogP contribution in [0.4, 0.5) is 0 Å². The van der Waals surface area contributed by atoms with Gasteiger partial charge in [-0.05, 0) is 26.7 Å². The molecule has 4 nitrogen and oxygen atoms in total. The van der Waals surface area contributed by atoms with Gasteiger partial charge in [0, 0.05) is 13.0 Å². The number of hydrogen-bond acceptors (Lipinski definition) is 4. The van der Waals surface area contributed by atoms with Crippen LogP contribution in [-0.4, -0.2) is 40.9 Å². The lowest BCUT2D eigenvalue weighted by molar-refractivity contribution is -0.147. The van der Waals surface area contributed by atoms with Crippen molar-refractivity contribution in [1.29, 1.82) is 0 Å². The molecular formula is C29H62O4S. The van der Waals surface area contributed by atoms with Gasteiger partial charge in [-0.2, -0.15) is 0 Å². The second kappa shape index (κ2) is 34.9. The number of esters is 1. The minimum absolute atomic E-state index is 0.0280. The zero-order chi connectivity index (χ0) is 26.3. The van der Waals surface area contributed by atoms with Gasteiger partial charge >= 0.3 is 5.97 Å². The molecule has 0 aliphatic carbocycles. The van der Waals surface area contributed by atoms with Gasteiger partial charge < -0.3 is 14.4 Å². The van der Waals surface area contributed by atoms with E-state index in [1.807, 2.05) is 13.8 Å². The van der Waals surface area contributed by atoms with Crippen LogP contribution in [0.3, 0.4) is 0 Å².